The molecule has 0 atom stereocenters. The van der Waals surface area contributed by atoms with Crippen molar-refractivity contribution in [2.45, 2.75) is 0 Å². The van der Waals surface area contributed by atoms with E-state index in [4.69, 9.17) is 17.3 Å². The molecule has 0 radical (unpaired) electrons. The molecular formula is C11H13ClN2O3S. The minimum Gasteiger partial charge on any atom is -0.398 e. The summed E-state index contributed by atoms with van der Waals surface area (Å²) in [7, 11) is -3.01. The predicted octanol–water partition coefficient (Wildman–Crippen LogP) is 0.793. The van der Waals surface area contributed by atoms with Crippen LogP contribution in [0.4, 0.5) is 5.69 Å². The number of benzene rings is 1. The molecule has 0 unspecified atom stereocenters. The van der Waals surface area contributed by atoms with E-state index in [-0.39, 0.29) is 41.1 Å². The van der Waals surface area contributed by atoms with Crippen LogP contribution in [0.2, 0.25) is 5.02 Å². The summed E-state index contributed by atoms with van der Waals surface area (Å²) < 4.78 is 22.6. The number of rotatable bonds is 1. The molecule has 0 bridgehead atoms. The van der Waals surface area contributed by atoms with Gasteiger partial charge in [-0.15, -0.1) is 0 Å². The molecule has 0 aliphatic carbocycles. The highest BCUT2D eigenvalue weighted by Crippen LogP contribution is 2.24. The van der Waals surface area contributed by atoms with E-state index in [0.29, 0.717) is 5.69 Å². The molecule has 5 nitrogen and oxygen atoms in total. The average molecular weight is 289 g/mol. The lowest BCUT2D eigenvalue weighted by Gasteiger charge is -2.27. The fourth-order valence-corrected chi connectivity index (χ4v) is 3.30. The van der Waals surface area contributed by atoms with E-state index in [0.717, 1.165) is 0 Å². The van der Waals surface area contributed by atoms with Crippen molar-refractivity contribution in [3.8, 4) is 0 Å². The van der Waals surface area contributed by atoms with Gasteiger partial charge in [0, 0.05) is 18.8 Å². The number of carbonyl (C=O) groups excluding carboxylic acids is 1. The monoisotopic (exact) mass is 288 g/mol. The zero-order valence-corrected chi connectivity index (χ0v) is 11.2. The van der Waals surface area contributed by atoms with E-state index in [9.17, 15) is 13.2 Å². The highest BCUT2D eigenvalue weighted by molar-refractivity contribution is 7.91. The predicted molar refractivity (Wildman–Crippen MR) is 70.4 cm³/mol. The molecule has 18 heavy (non-hydrogen) atoms. The summed E-state index contributed by atoms with van der Waals surface area (Å²) in [6.07, 6.45) is 0. The lowest BCUT2D eigenvalue weighted by atomic mass is 10.1. The molecule has 0 aromatic heterocycles. The van der Waals surface area contributed by atoms with Crippen LogP contribution >= 0.6 is 11.6 Å². The highest BCUT2D eigenvalue weighted by atomic mass is 35.5. The summed E-state index contributed by atoms with van der Waals surface area (Å²) in [5.74, 6) is -0.334. The van der Waals surface area contributed by atoms with Crippen LogP contribution in [0.5, 0.6) is 0 Å². The Balaban J connectivity index is 2.23. The first-order valence-corrected chi connectivity index (χ1v) is 7.64. The van der Waals surface area contributed by atoms with Crippen molar-refractivity contribution >= 4 is 33.0 Å². The van der Waals surface area contributed by atoms with E-state index < -0.39 is 9.84 Å². The van der Waals surface area contributed by atoms with Crippen LogP contribution in [0.3, 0.4) is 0 Å². The largest absolute Gasteiger partial charge is 0.398 e. The first-order valence-electron chi connectivity index (χ1n) is 5.44. The van der Waals surface area contributed by atoms with Crippen LogP contribution in [-0.4, -0.2) is 43.8 Å². The topological polar surface area (TPSA) is 80.5 Å². The number of hydrogen-bond donors (Lipinski definition) is 1. The second kappa shape index (κ2) is 4.78. The quantitative estimate of drug-likeness (QED) is 0.775. The molecule has 1 heterocycles. The Hall–Kier alpha value is -1.27. The van der Waals surface area contributed by atoms with E-state index >= 15 is 0 Å². The van der Waals surface area contributed by atoms with Gasteiger partial charge < -0.3 is 10.6 Å². The van der Waals surface area contributed by atoms with Gasteiger partial charge >= 0.3 is 0 Å². The number of nitrogens with zero attached hydrogens (tertiary/aromatic N) is 1. The first kappa shape index (κ1) is 13.2. The Morgan fingerprint density at radius 3 is 2.44 bits per heavy atom. The number of nitrogens with two attached hydrogens (primary N) is 1. The molecule has 1 amide bonds. The van der Waals surface area contributed by atoms with Gasteiger partial charge in [0.1, 0.15) is 0 Å². The number of amides is 1. The van der Waals surface area contributed by atoms with Gasteiger partial charge in [-0.3, -0.25) is 4.79 Å². The molecule has 1 aromatic carbocycles. The lowest BCUT2D eigenvalue weighted by molar-refractivity contribution is 0.0771. The average Bonchev–Trinajstić information content (AvgIpc) is 2.28. The van der Waals surface area contributed by atoms with Crippen molar-refractivity contribution in [3.05, 3.63) is 28.8 Å². The Morgan fingerprint density at radius 1 is 1.28 bits per heavy atom. The van der Waals surface area contributed by atoms with E-state index in [1.54, 1.807) is 18.2 Å². The summed E-state index contributed by atoms with van der Waals surface area (Å²) in [4.78, 5) is 13.7. The van der Waals surface area contributed by atoms with Crippen molar-refractivity contribution in [1.29, 1.82) is 0 Å². The second-order valence-corrected chi connectivity index (χ2v) is 6.86. The van der Waals surface area contributed by atoms with Gasteiger partial charge in [0.15, 0.2) is 9.84 Å². The third kappa shape index (κ3) is 2.59. The Morgan fingerprint density at radius 2 is 1.89 bits per heavy atom. The van der Waals surface area contributed by atoms with Crippen LogP contribution in [0.25, 0.3) is 0 Å². The number of anilines is 1. The third-order valence-electron chi connectivity index (χ3n) is 2.89. The maximum atomic E-state index is 12.2. The molecule has 2 rings (SSSR count). The number of carbonyl (C=O) groups is 1. The molecule has 1 fully saturated rings. The summed E-state index contributed by atoms with van der Waals surface area (Å²) in [6.45, 7) is 0.373. The lowest BCUT2D eigenvalue weighted by Crippen LogP contribution is -2.44. The van der Waals surface area contributed by atoms with Crippen LogP contribution < -0.4 is 5.73 Å². The smallest absolute Gasteiger partial charge is 0.257 e. The number of sulfone groups is 1. The van der Waals surface area contributed by atoms with Crippen LogP contribution in [-0.2, 0) is 9.84 Å². The second-order valence-electron chi connectivity index (χ2n) is 4.15. The van der Waals surface area contributed by atoms with Gasteiger partial charge in [-0.25, -0.2) is 8.42 Å². The summed E-state index contributed by atoms with van der Waals surface area (Å²) in [5, 5.41) is 0.286. The van der Waals surface area contributed by atoms with Gasteiger partial charge in [0.2, 0.25) is 0 Å². The van der Waals surface area contributed by atoms with Crippen LogP contribution in [0.1, 0.15) is 10.4 Å². The molecule has 1 saturated heterocycles. The fraction of sp³-hybridized carbons (Fsp3) is 0.364. The molecule has 0 spiro atoms. The minimum absolute atomic E-state index is 0.0108. The normalized spacial score (nSPS) is 18.6. The Bertz CT molecular complexity index is 552. The zero-order valence-electron chi connectivity index (χ0n) is 9.60. The van der Waals surface area contributed by atoms with Crippen molar-refractivity contribution in [2.75, 3.05) is 30.3 Å². The Kier molecular flexibility index (Phi) is 3.49. The highest BCUT2D eigenvalue weighted by Gasteiger charge is 2.27. The van der Waals surface area contributed by atoms with Gasteiger partial charge in [0.25, 0.3) is 5.91 Å². The molecule has 7 heteroatoms. The van der Waals surface area contributed by atoms with Gasteiger partial charge in [-0.05, 0) is 12.1 Å². The molecule has 0 saturated carbocycles. The van der Waals surface area contributed by atoms with Gasteiger partial charge in [-0.2, -0.15) is 0 Å². The van der Waals surface area contributed by atoms with Crippen molar-refractivity contribution < 1.29 is 13.2 Å². The summed E-state index contributed by atoms with van der Waals surface area (Å²) >= 11 is 5.95. The van der Waals surface area contributed by atoms with E-state index in [2.05, 4.69) is 0 Å². The SMILES string of the molecule is Nc1cccc(Cl)c1C(=O)N1CCS(=O)(=O)CC1. The third-order valence-corrected chi connectivity index (χ3v) is 4.82. The van der Waals surface area contributed by atoms with Crippen molar-refractivity contribution in [1.82, 2.24) is 4.90 Å². The fourth-order valence-electron chi connectivity index (χ4n) is 1.84. The molecule has 1 aromatic rings. The molecule has 98 valence electrons. The zero-order chi connectivity index (χ0) is 13.3. The number of halogens is 1. The summed E-state index contributed by atoms with van der Waals surface area (Å²) in [5.41, 5.74) is 6.29. The van der Waals surface area contributed by atoms with Gasteiger partial charge in [-0.1, -0.05) is 17.7 Å². The van der Waals surface area contributed by atoms with Crippen molar-refractivity contribution in [3.63, 3.8) is 0 Å². The number of hydrogen-bond acceptors (Lipinski definition) is 4. The van der Waals surface area contributed by atoms with E-state index in [1.807, 2.05) is 0 Å². The van der Waals surface area contributed by atoms with E-state index in [1.165, 1.54) is 4.90 Å². The number of nitrogen functional groups attached to an aromatic ring is 1. The first-order chi connectivity index (χ1) is 8.41. The standard InChI is InChI=1S/C11H13ClN2O3S/c12-8-2-1-3-9(13)10(8)11(15)14-4-6-18(16,17)7-5-14/h1-3H,4-7,13H2. The van der Waals surface area contributed by atoms with Crippen molar-refractivity contribution in [2.24, 2.45) is 0 Å². The summed E-state index contributed by atoms with van der Waals surface area (Å²) in [6, 6.07) is 4.85. The van der Waals surface area contributed by atoms with Gasteiger partial charge in [0.05, 0.1) is 22.1 Å². The molecule has 2 N–H and O–H groups in total. The van der Waals surface area contributed by atoms with Crippen LogP contribution in [0, 0.1) is 0 Å². The molecule has 1 aliphatic rings. The van der Waals surface area contributed by atoms with Crippen LogP contribution in [0.15, 0.2) is 18.2 Å². The molecular weight excluding hydrogens is 276 g/mol. The maximum absolute atomic E-state index is 12.2. The molecule has 1 aliphatic heterocycles. The Labute approximate surface area is 110 Å². The minimum atomic E-state index is -3.01. The maximum Gasteiger partial charge on any atom is 0.257 e.